The molecule has 0 radical (unpaired) electrons. The summed E-state index contributed by atoms with van der Waals surface area (Å²) < 4.78 is 0. The van der Waals surface area contributed by atoms with Gasteiger partial charge in [-0.25, -0.2) is 0 Å². The third kappa shape index (κ3) is 3.15. The summed E-state index contributed by atoms with van der Waals surface area (Å²) in [5.74, 6) is 2.13. The topological polar surface area (TPSA) is 20.3 Å². The molecular formula is C17H25NOS. The number of rotatable bonds is 4. The van der Waals surface area contributed by atoms with Crippen molar-refractivity contribution in [3.8, 4) is 0 Å². The number of hydrogen-bond donors (Lipinski definition) is 0. The molecule has 0 spiro atoms. The second-order valence-corrected chi connectivity index (χ2v) is 7.54. The van der Waals surface area contributed by atoms with Crippen LogP contribution in [0.3, 0.4) is 0 Å². The fourth-order valence-electron chi connectivity index (χ4n) is 3.82. The molecule has 3 rings (SSSR count). The van der Waals surface area contributed by atoms with Gasteiger partial charge in [-0.3, -0.25) is 9.69 Å². The molecule has 0 bridgehead atoms. The van der Waals surface area contributed by atoms with Gasteiger partial charge in [0.15, 0.2) is 5.78 Å². The van der Waals surface area contributed by atoms with Crippen molar-refractivity contribution in [3.63, 3.8) is 0 Å². The maximum absolute atomic E-state index is 12.4. The molecular weight excluding hydrogens is 266 g/mol. The standard InChI is InChI=1S/C17H25NOS/c1-2-15-7-8-17(20-15)16(19)12-18-10-9-13-5-3-4-6-14(13)11-18/h7-8,13-14H,2-6,9-12H2,1H3. The number of Topliss-reactive ketones (excluding diaryl/α,β-unsaturated/α-hetero) is 1. The zero-order valence-electron chi connectivity index (χ0n) is 12.4. The second-order valence-electron chi connectivity index (χ2n) is 6.37. The molecule has 2 aliphatic rings. The number of carbonyl (C=O) groups excluding carboxylic acids is 1. The number of thiophene rings is 1. The van der Waals surface area contributed by atoms with Crippen molar-refractivity contribution in [2.75, 3.05) is 19.6 Å². The zero-order valence-corrected chi connectivity index (χ0v) is 13.3. The van der Waals surface area contributed by atoms with Gasteiger partial charge in [0, 0.05) is 11.4 Å². The van der Waals surface area contributed by atoms with Crippen molar-refractivity contribution < 1.29 is 4.79 Å². The molecule has 0 N–H and O–H groups in total. The van der Waals surface area contributed by atoms with Crippen LogP contribution in [0.5, 0.6) is 0 Å². The van der Waals surface area contributed by atoms with Crippen LogP contribution in [-0.2, 0) is 6.42 Å². The predicted octanol–water partition coefficient (Wildman–Crippen LogP) is 4.01. The van der Waals surface area contributed by atoms with Crippen LogP contribution < -0.4 is 0 Å². The largest absolute Gasteiger partial charge is 0.295 e. The zero-order chi connectivity index (χ0) is 13.9. The molecule has 2 fully saturated rings. The van der Waals surface area contributed by atoms with Gasteiger partial charge in [-0.05, 0) is 49.8 Å². The van der Waals surface area contributed by atoms with Gasteiger partial charge in [0.2, 0.25) is 0 Å². The Kier molecular flexibility index (Phi) is 4.57. The van der Waals surface area contributed by atoms with Crippen molar-refractivity contribution in [2.45, 2.75) is 45.4 Å². The first kappa shape index (κ1) is 14.3. The van der Waals surface area contributed by atoms with Crippen LogP contribution in [0.15, 0.2) is 12.1 Å². The monoisotopic (exact) mass is 291 g/mol. The first-order valence-corrected chi connectivity index (χ1v) is 8.92. The number of ketones is 1. The van der Waals surface area contributed by atoms with Gasteiger partial charge >= 0.3 is 0 Å². The highest BCUT2D eigenvalue weighted by molar-refractivity contribution is 7.14. The molecule has 1 saturated carbocycles. The SMILES string of the molecule is CCc1ccc(C(=O)CN2CCC3CCCCC3C2)s1. The van der Waals surface area contributed by atoms with Crippen molar-refractivity contribution in [1.29, 1.82) is 0 Å². The highest BCUT2D eigenvalue weighted by Crippen LogP contribution is 2.36. The Balaban J connectivity index is 1.56. The minimum absolute atomic E-state index is 0.323. The van der Waals surface area contributed by atoms with Gasteiger partial charge in [-0.1, -0.05) is 26.2 Å². The molecule has 1 aromatic heterocycles. The Labute approximate surface area is 126 Å². The maximum Gasteiger partial charge on any atom is 0.186 e. The maximum atomic E-state index is 12.4. The molecule has 3 heteroatoms. The van der Waals surface area contributed by atoms with E-state index in [0.29, 0.717) is 12.3 Å². The number of fused-ring (bicyclic) bond motifs is 1. The average molecular weight is 291 g/mol. The number of hydrogen-bond acceptors (Lipinski definition) is 3. The summed E-state index contributed by atoms with van der Waals surface area (Å²) in [4.78, 5) is 17.0. The molecule has 1 saturated heterocycles. The van der Waals surface area contributed by atoms with Gasteiger partial charge in [0.25, 0.3) is 0 Å². The fourth-order valence-corrected chi connectivity index (χ4v) is 4.70. The van der Waals surface area contributed by atoms with E-state index in [2.05, 4.69) is 17.9 Å². The third-order valence-electron chi connectivity index (χ3n) is 5.03. The van der Waals surface area contributed by atoms with Crippen LogP contribution in [-0.4, -0.2) is 30.3 Å². The molecule has 2 atom stereocenters. The molecule has 0 amide bonds. The second kappa shape index (κ2) is 6.40. The molecule has 110 valence electrons. The van der Waals surface area contributed by atoms with Gasteiger partial charge in [0.1, 0.15) is 0 Å². The van der Waals surface area contributed by atoms with Crippen molar-refractivity contribution in [2.24, 2.45) is 11.8 Å². The van der Waals surface area contributed by atoms with E-state index in [-0.39, 0.29) is 0 Å². The van der Waals surface area contributed by atoms with Crippen molar-refractivity contribution >= 4 is 17.1 Å². The van der Waals surface area contributed by atoms with Gasteiger partial charge < -0.3 is 0 Å². The normalized spacial score (nSPS) is 27.2. The first-order chi connectivity index (χ1) is 9.76. The van der Waals surface area contributed by atoms with E-state index in [0.717, 1.165) is 36.2 Å². The van der Waals surface area contributed by atoms with Crippen LogP contribution in [0.25, 0.3) is 0 Å². The van der Waals surface area contributed by atoms with E-state index in [1.165, 1.54) is 37.0 Å². The summed E-state index contributed by atoms with van der Waals surface area (Å²) >= 11 is 1.68. The van der Waals surface area contributed by atoms with E-state index < -0.39 is 0 Å². The van der Waals surface area contributed by atoms with Gasteiger partial charge in [0.05, 0.1) is 11.4 Å². The lowest BCUT2D eigenvalue weighted by Crippen LogP contribution is -2.43. The lowest BCUT2D eigenvalue weighted by Gasteiger charge is -2.41. The Morgan fingerprint density at radius 3 is 2.80 bits per heavy atom. The van der Waals surface area contributed by atoms with Crippen LogP contribution >= 0.6 is 11.3 Å². The molecule has 20 heavy (non-hydrogen) atoms. The van der Waals surface area contributed by atoms with Crippen LogP contribution in [0.1, 0.15) is 53.6 Å². The predicted molar refractivity (Wildman–Crippen MR) is 84.5 cm³/mol. The summed E-state index contributed by atoms with van der Waals surface area (Å²) in [7, 11) is 0. The minimum atomic E-state index is 0.323. The molecule has 1 aromatic rings. The van der Waals surface area contributed by atoms with E-state index in [9.17, 15) is 4.79 Å². The van der Waals surface area contributed by atoms with Gasteiger partial charge in [-0.15, -0.1) is 11.3 Å². The molecule has 2 nitrogen and oxygen atoms in total. The molecule has 2 unspecified atom stereocenters. The average Bonchev–Trinajstić information content (AvgIpc) is 2.96. The lowest BCUT2D eigenvalue weighted by atomic mass is 9.75. The smallest absolute Gasteiger partial charge is 0.186 e. The number of aryl methyl sites for hydroxylation is 1. The Morgan fingerprint density at radius 1 is 1.25 bits per heavy atom. The first-order valence-electron chi connectivity index (χ1n) is 8.10. The number of likely N-dealkylation sites (tertiary alicyclic amines) is 1. The molecule has 0 aromatic carbocycles. The number of piperidine rings is 1. The van der Waals surface area contributed by atoms with E-state index in [4.69, 9.17) is 0 Å². The van der Waals surface area contributed by atoms with Gasteiger partial charge in [-0.2, -0.15) is 0 Å². The Bertz CT molecular complexity index is 467. The Morgan fingerprint density at radius 2 is 2.05 bits per heavy atom. The molecule has 2 heterocycles. The summed E-state index contributed by atoms with van der Waals surface area (Å²) in [6, 6.07) is 4.12. The summed E-state index contributed by atoms with van der Waals surface area (Å²) in [5, 5.41) is 0. The third-order valence-corrected chi connectivity index (χ3v) is 6.30. The fraction of sp³-hybridized carbons (Fsp3) is 0.706. The minimum Gasteiger partial charge on any atom is -0.295 e. The van der Waals surface area contributed by atoms with Crippen LogP contribution in [0.2, 0.25) is 0 Å². The van der Waals surface area contributed by atoms with E-state index in [1.54, 1.807) is 11.3 Å². The number of nitrogens with zero attached hydrogens (tertiary/aromatic N) is 1. The summed E-state index contributed by atoms with van der Waals surface area (Å²) in [5.41, 5.74) is 0. The summed E-state index contributed by atoms with van der Waals surface area (Å²) in [6.45, 7) is 5.06. The molecule has 1 aliphatic carbocycles. The van der Waals surface area contributed by atoms with E-state index in [1.807, 2.05) is 6.07 Å². The highest BCUT2D eigenvalue weighted by Gasteiger charge is 2.31. The molecule has 1 aliphatic heterocycles. The Hall–Kier alpha value is -0.670. The lowest BCUT2D eigenvalue weighted by molar-refractivity contribution is 0.0715. The van der Waals surface area contributed by atoms with Crippen molar-refractivity contribution in [1.82, 2.24) is 4.90 Å². The van der Waals surface area contributed by atoms with E-state index >= 15 is 0 Å². The van der Waals surface area contributed by atoms with Crippen LogP contribution in [0.4, 0.5) is 0 Å². The van der Waals surface area contributed by atoms with Crippen molar-refractivity contribution in [3.05, 3.63) is 21.9 Å². The summed E-state index contributed by atoms with van der Waals surface area (Å²) in [6.07, 6.45) is 7.97. The quantitative estimate of drug-likeness (QED) is 0.781. The van der Waals surface area contributed by atoms with Crippen LogP contribution in [0, 0.1) is 11.8 Å². The number of carbonyl (C=O) groups is 1. The highest BCUT2D eigenvalue weighted by atomic mass is 32.1.